The number of aliphatic carboxylic acids is 3. The largest absolute Gasteiger partial charge is 0.508 e. The summed E-state index contributed by atoms with van der Waals surface area (Å²) in [6.07, 6.45) is -2.89. The number of hydrogen-bond acceptors (Lipinski definition) is 16. The molecular weight excluding hydrogens is 1060 g/mol. The van der Waals surface area contributed by atoms with Crippen LogP contribution in [-0.2, 0) is 73.5 Å². The summed E-state index contributed by atoms with van der Waals surface area (Å²) in [7, 11) is 0. The molecule has 0 unspecified atom stereocenters. The molecule has 30 nitrogen and oxygen atoms in total. The Bertz CT molecular complexity index is 2410. The van der Waals surface area contributed by atoms with Crippen molar-refractivity contribution in [3.8, 4) is 5.75 Å². The fourth-order valence-electron chi connectivity index (χ4n) is 8.13. The number of nitrogens with zero attached hydrogens (tertiary/aromatic N) is 1. The highest BCUT2D eigenvalue weighted by atomic mass is 16.4. The number of carboxylic acid groups (broad SMARTS) is 3. The van der Waals surface area contributed by atoms with Gasteiger partial charge < -0.3 is 85.1 Å². The number of carbonyl (C=O) groups is 14. The molecule has 0 aliphatic carbocycles. The third-order valence-electron chi connectivity index (χ3n) is 12.7. The molecule has 0 spiro atoms. The van der Waals surface area contributed by atoms with E-state index in [2.05, 4.69) is 42.5 Å². The second-order valence-corrected chi connectivity index (χ2v) is 19.7. The number of phenolic OH excluding ortho intramolecular Hbond substituents is 1. The Morgan fingerprint density at radius 3 is 1.59 bits per heavy atom. The van der Waals surface area contributed by atoms with Gasteiger partial charge in [-0.05, 0) is 74.5 Å². The van der Waals surface area contributed by atoms with E-state index in [1.165, 1.54) is 29.2 Å². The Balaban J connectivity index is 2.17. The molecule has 2 rings (SSSR count). The normalized spacial score (nSPS) is 15.9. The highest BCUT2D eigenvalue weighted by Gasteiger charge is 2.40. The van der Waals surface area contributed by atoms with Crippen LogP contribution in [0.25, 0.3) is 0 Å². The molecule has 1 aromatic carbocycles. The lowest BCUT2D eigenvalue weighted by Crippen LogP contribution is -2.58. The Morgan fingerprint density at radius 2 is 1.07 bits per heavy atom. The van der Waals surface area contributed by atoms with Gasteiger partial charge in [-0.2, -0.15) is 0 Å². The first-order valence-electron chi connectivity index (χ1n) is 26.0. The maximum atomic E-state index is 14.2. The summed E-state index contributed by atoms with van der Waals surface area (Å²) in [6.45, 7) is 5.47. The standard InChI is InChI=1S/C50H76N12O18/c1-5-26(4)42(61-39(67)24-54-44(73)33(21-25(2)3)59-46(75)31(14-17-37(53)65)57-43(72)29(51)12-18-40(68)69)49(78)62-20-6-7-35(62)48(77)55-23-38(66)56-30(13-16-36(52)64)45(74)58-32(15-19-41(70)71)47(76)60-34(50(79)80)22-27-8-10-28(63)11-9-27/h8-11,25-26,29-35,42,63H,5-7,12-24,51H2,1-4H3,(H2,52,64)(H2,53,65)(H,54,73)(H,55,77)(H,56,66)(H,57,72)(H,58,74)(H,59,75)(H,60,76)(H,61,67)(H,68,69)(H,70,71)(H,79,80)/t26-,29-,30-,31-,32-,33-,34-,35-,42-/m0/s1. The molecular formula is C50H76N12O18. The summed E-state index contributed by atoms with van der Waals surface area (Å²) < 4.78 is 0. The minimum Gasteiger partial charge on any atom is -0.508 e. The Labute approximate surface area is 460 Å². The van der Waals surface area contributed by atoms with E-state index in [1.807, 2.05) is 0 Å². The second kappa shape index (κ2) is 33.8. The Hall–Kier alpha value is -8.44. The minimum atomic E-state index is -1.67. The van der Waals surface area contributed by atoms with Crippen molar-refractivity contribution >= 4 is 82.9 Å². The summed E-state index contributed by atoms with van der Waals surface area (Å²) in [5.41, 5.74) is 16.8. The topological polar surface area (TPSA) is 497 Å². The summed E-state index contributed by atoms with van der Waals surface area (Å²) in [4.78, 5) is 180. The van der Waals surface area contributed by atoms with Crippen LogP contribution in [0, 0.1) is 11.8 Å². The summed E-state index contributed by atoms with van der Waals surface area (Å²) >= 11 is 0. The van der Waals surface area contributed by atoms with Gasteiger partial charge in [-0.25, -0.2) is 4.79 Å². The average molecular weight is 1130 g/mol. The van der Waals surface area contributed by atoms with Crippen molar-refractivity contribution in [2.24, 2.45) is 29.0 Å². The molecule has 1 fully saturated rings. The predicted molar refractivity (Wildman–Crippen MR) is 279 cm³/mol. The fourth-order valence-corrected chi connectivity index (χ4v) is 8.13. The van der Waals surface area contributed by atoms with Gasteiger partial charge in [-0.15, -0.1) is 0 Å². The first-order chi connectivity index (χ1) is 37.5. The smallest absolute Gasteiger partial charge is 0.326 e. The van der Waals surface area contributed by atoms with Crippen molar-refractivity contribution in [1.29, 1.82) is 0 Å². The van der Waals surface area contributed by atoms with Gasteiger partial charge >= 0.3 is 17.9 Å². The molecule has 0 saturated carbocycles. The number of rotatable bonds is 36. The number of nitrogens with two attached hydrogens (primary N) is 3. The fraction of sp³-hybridized carbons (Fsp3) is 0.600. The van der Waals surface area contributed by atoms with E-state index < -0.39 is 182 Å². The number of amides is 11. The van der Waals surface area contributed by atoms with E-state index in [4.69, 9.17) is 22.3 Å². The number of aromatic hydroxyl groups is 1. The van der Waals surface area contributed by atoms with Gasteiger partial charge in [-0.3, -0.25) is 62.3 Å². The van der Waals surface area contributed by atoms with Gasteiger partial charge in [0.2, 0.25) is 65.0 Å². The molecule has 1 aromatic rings. The zero-order chi connectivity index (χ0) is 60.4. The van der Waals surface area contributed by atoms with Crippen molar-refractivity contribution in [3.05, 3.63) is 29.8 Å². The number of hydrogen-bond donors (Lipinski definition) is 15. The SMILES string of the molecule is CC[C@H](C)[C@H](NC(=O)CNC(=O)[C@H](CC(C)C)NC(=O)[C@H](CCC(N)=O)NC(=O)[C@@H](N)CCC(=O)O)C(=O)N1CCC[C@H]1C(=O)NCC(=O)N[C@@H](CCC(N)=O)C(=O)N[C@@H](CCC(=O)O)C(=O)N[C@@H](Cc1ccc(O)cc1)C(=O)O. The molecule has 11 amide bonds. The van der Waals surface area contributed by atoms with E-state index in [0.29, 0.717) is 18.4 Å². The lowest BCUT2D eigenvalue weighted by atomic mass is 9.97. The van der Waals surface area contributed by atoms with Crippen molar-refractivity contribution in [2.75, 3.05) is 19.6 Å². The molecule has 0 radical (unpaired) electrons. The summed E-state index contributed by atoms with van der Waals surface area (Å²) in [6, 6.07) is -5.85. The molecule has 1 aliphatic heterocycles. The lowest BCUT2D eigenvalue weighted by molar-refractivity contribution is -0.143. The van der Waals surface area contributed by atoms with Crippen LogP contribution in [0.5, 0.6) is 5.75 Å². The quantitative estimate of drug-likeness (QED) is 0.0303. The van der Waals surface area contributed by atoms with Gasteiger partial charge in [0.15, 0.2) is 0 Å². The van der Waals surface area contributed by atoms with Crippen LogP contribution in [0.15, 0.2) is 24.3 Å². The molecule has 1 heterocycles. The molecule has 1 aliphatic rings. The van der Waals surface area contributed by atoms with E-state index >= 15 is 0 Å². The molecule has 80 heavy (non-hydrogen) atoms. The predicted octanol–water partition coefficient (Wildman–Crippen LogP) is -4.17. The second-order valence-electron chi connectivity index (χ2n) is 19.7. The van der Waals surface area contributed by atoms with Gasteiger partial charge in [0.05, 0.1) is 19.1 Å². The number of phenols is 1. The van der Waals surface area contributed by atoms with Crippen LogP contribution in [-0.4, -0.2) is 176 Å². The summed E-state index contributed by atoms with van der Waals surface area (Å²) in [5, 5.41) is 56.9. The number of benzene rings is 1. The first kappa shape index (κ1) is 67.7. The number of primary amides is 2. The molecule has 0 bridgehead atoms. The maximum Gasteiger partial charge on any atom is 0.326 e. The van der Waals surface area contributed by atoms with Crippen LogP contribution >= 0.6 is 0 Å². The molecule has 9 atom stereocenters. The van der Waals surface area contributed by atoms with E-state index in [0.717, 1.165) is 0 Å². The van der Waals surface area contributed by atoms with Gasteiger partial charge in [0, 0.05) is 38.6 Å². The number of carbonyl (C=O) groups excluding carboxylic acids is 11. The van der Waals surface area contributed by atoms with E-state index in [-0.39, 0.29) is 56.7 Å². The molecule has 444 valence electrons. The monoisotopic (exact) mass is 1130 g/mol. The number of nitrogens with one attached hydrogen (secondary N) is 8. The summed E-state index contributed by atoms with van der Waals surface area (Å²) in [5.74, 6) is -14.7. The van der Waals surface area contributed by atoms with Crippen LogP contribution in [0.1, 0.15) is 110 Å². The van der Waals surface area contributed by atoms with Crippen molar-refractivity contribution in [2.45, 2.75) is 160 Å². The molecule has 0 aromatic heterocycles. The third kappa shape index (κ3) is 24.5. The maximum absolute atomic E-state index is 14.2. The zero-order valence-corrected chi connectivity index (χ0v) is 45.1. The van der Waals surface area contributed by atoms with Crippen LogP contribution in [0.3, 0.4) is 0 Å². The van der Waals surface area contributed by atoms with E-state index in [9.17, 15) is 82.4 Å². The molecule has 18 N–H and O–H groups in total. The highest BCUT2D eigenvalue weighted by Crippen LogP contribution is 2.22. The Morgan fingerprint density at radius 1 is 0.600 bits per heavy atom. The average Bonchev–Trinajstić information content (AvgIpc) is 3.89. The number of likely N-dealkylation sites (tertiary alicyclic amines) is 1. The van der Waals surface area contributed by atoms with Crippen LogP contribution in [0.4, 0.5) is 0 Å². The minimum absolute atomic E-state index is 0.0346. The van der Waals surface area contributed by atoms with Crippen LogP contribution in [0.2, 0.25) is 0 Å². The lowest BCUT2D eigenvalue weighted by Gasteiger charge is -2.31. The van der Waals surface area contributed by atoms with E-state index in [1.54, 1.807) is 27.7 Å². The number of carboxylic acids is 3. The first-order valence-corrected chi connectivity index (χ1v) is 26.0. The van der Waals surface area contributed by atoms with Crippen LogP contribution < -0.4 is 59.7 Å². The van der Waals surface area contributed by atoms with Crippen molar-refractivity contribution in [1.82, 2.24) is 47.4 Å². The van der Waals surface area contributed by atoms with Gasteiger partial charge in [-0.1, -0.05) is 46.2 Å². The van der Waals surface area contributed by atoms with Gasteiger partial charge in [0.1, 0.15) is 48.0 Å². The molecule has 30 heteroatoms. The van der Waals surface area contributed by atoms with Gasteiger partial charge in [0.25, 0.3) is 0 Å². The third-order valence-corrected chi connectivity index (χ3v) is 12.7. The Kier molecular flexibility index (Phi) is 28.6. The zero-order valence-electron chi connectivity index (χ0n) is 45.1. The molecule has 1 saturated heterocycles. The highest BCUT2D eigenvalue weighted by molar-refractivity contribution is 5.98. The van der Waals surface area contributed by atoms with Crippen molar-refractivity contribution < 1.29 is 87.5 Å². The van der Waals surface area contributed by atoms with Crippen molar-refractivity contribution in [3.63, 3.8) is 0 Å².